The van der Waals surface area contributed by atoms with Crippen molar-refractivity contribution in [2.75, 3.05) is 0 Å². The van der Waals surface area contributed by atoms with Crippen molar-refractivity contribution in [1.29, 1.82) is 0 Å². The number of benzene rings is 1. The fraction of sp³-hybridized carbons (Fsp3) is 0. The number of aromatic nitrogens is 2. The van der Waals surface area contributed by atoms with Crippen LogP contribution < -0.4 is 0 Å². The van der Waals surface area contributed by atoms with Crippen molar-refractivity contribution in [1.82, 2.24) is 9.97 Å². The first kappa shape index (κ1) is 13.3. The van der Waals surface area contributed by atoms with Crippen LogP contribution in [0.25, 0.3) is 21.8 Å². The normalized spacial score (nSPS) is 11.2. The first-order chi connectivity index (χ1) is 8.95. The van der Waals surface area contributed by atoms with E-state index in [4.69, 9.17) is 0 Å². The summed E-state index contributed by atoms with van der Waals surface area (Å²) in [5.41, 5.74) is 1.95. The Balaban J connectivity index is 0.000000232. The zero-order valence-corrected chi connectivity index (χ0v) is 9.60. The summed E-state index contributed by atoms with van der Waals surface area (Å²) in [6.07, 6.45) is 3.60. The van der Waals surface area contributed by atoms with Gasteiger partial charge in [-0.25, -0.2) is 0 Å². The van der Waals surface area contributed by atoms with Gasteiger partial charge in [-0.1, -0.05) is 24.3 Å². The van der Waals surface area contributed by atoms with Crippen LogP contribution in [0.3, 0.4) is 0 Å². The van der Waals surface area contributed by atoms with Gasteiger partial charge >= 0.3 is 7.25 Å². The van der Waals surface area contributed by atoms with Crippen LogP contribution in [0, 0.1) is 0 Å². The van der Waals surface area contributed by atoms with Gasteiger partial charge in [0.15, 0.2) is 0 Å². The summed E-state index contributed by atoms with van der Waals surface area (Å²) in [6.45, 7) is 0. The molecule has 0 saturated heterocycles. The molecule has 0 aliphatic rings. The van der Waals surface area contributed by atoms with Crippen molar-refractivity contribution in [3.63, 3.8) is 0 Å². The summed E-state index contributed by atoms with van der Waals surface area (Å²) in [6, 6.07) is 12.1. The quantitative estimate of drug-likeness (QED) is 0.348. The van der Waals surface area contributed by atoms with E-state index in [0.717, 1.165) is 21.8 Å². The van der Waals surface area contributed by atoms with E-state index < -0.39 is 7.25 Å². The fourth-order valence-corrected chi connectivity index (χ4v) is 1.68. The summed E-state index contributed by atoms with van der Waals surface area (Å²) in [4.78, 5) is 8.69. The van der Waals surface area contributed by atoms with E-state index in [1.165, 1.54) is 0 Å². The Labute approximate surface area is 106 Å². The van der Waals surface area contributed by atoms with Crippen molar-refractivity contribution >= 4 is 29.1 Å². The third-order valence-corrected chi connectivity index (χ3v) is 2.34. The third-order valence-electron chi connectivity index (χ3n) is 2.34. The number of fused-ring (bicyclic) bond motifs is 3. The van der Waals surface area contributed by atoms with Gasteiger partial charge in [-0.3, -0.25) is 9.97 Å². The molecular formula is C12H8BF4N2-. The molecule has 3 rings (SSSR count). The number of halogens is 4. The van der Waals surface area contributed by atoms with Crippen LogP contribution in [-0.4, -0.2) is 17.2 Å². The second-order valence-corrected chi connectivity index (χ2v) is 3.71. The molecule has 7 heteroatoms. The lowest BCUT2D eigenvalue weighted by molar-refractivity contribution is 0.368. The largest absolute Gasteiger partial charge is 0.673 e. The van der Waals surface area contributed by atoms with Crippen LogP contribution in [-0.2, 0) is 0 Å². The van der Waals surface area contributed by atoms with Crippen molar-refractivity contribution < 1.29 is 17.3 Å². The topological polar surface area (TPSA) is 25.8 Å². The maximum Gasteiger partial charge on any atom is 0.673 e. The molecule has 0 spiro atoms. The molecule has 2 nitrogen and oxygen atoms in total. The van der Waals surface area contributed by atoms with E-state index in [1.54, 1.807) is 12.4 Å². The van der Waals surface area contributed by atoms with Gasteiger partial charge < -0.3 is 17.3 Å². The van der Waals surface area contributed by atoms with Crippen LogP contribution in [0.15, 0.2) is 48.8 Å². The Morgan fingerprint density at radius 2 is 1.05 bits per heavy atom. The summed E-state index contributed by atoms with van der Waals surface area (Å²) >= 11 is 0. The highest BCUT2D eigenvalue weighted by Crippen LogP contribution is 2.20. The molecule has 2 heterocycles. The zero-order valence-electron chi connectivity index (χ0n) is 9.60. The van der Waals surface area contributed by atoms with Crippen LogP contribution in [0.2, 0.25) is 0 Å². The van der Waals surface area contributed by atoms with Gasteiger partial charge in [0.05, 0.1) is 11.0 Å². The molecule has 0 fully saturated rings. The molecule has 0 aliphatic heterocycles. The van der Waals surface area contributed by atoms with Crippen LogP contribution in [0.1, 0.15) is 0 Å². The second kappa shape index (κ2) is 5.21. The van der Waals surface area contributed by atoms with Crippen molar-refractivity contribution in [3.8, 4) is 0 Å². The maximum absolute atomic E-state index is 9.75. The molecule has 0 radical (unpaired) electrons. The average Bonchev–Trinajstić information content (AvgIpc) is 2.37. The van der Waals surface area contributed by atoms with Gasteiger partial charge in [-0.2, -0.15) is 0 Å². The number of hydrogen-bond acceptors (Lipinski definition) is 2. The Kier molecular flexibility index (Phi) is 3.64. The van der Waals surface area contributed by atoms with Gasteiger partial charge in [0, 0.05) is 23.2 Å². The lowest BCUT2D eigenvalue weighted by atomic mass is 10.1. The lowest BCUT2D eigenvalue weighted by Crippen LogP contribution is -2.02. The summed E-state index contributed by atoms with van der Waals surface area (Å²) < 4.78 is 39.0. The summed E-state index contributed by atoms with van der Waals surface area (Å²) in [5, 5.41) is 2.28. The molecule has 0 aliphatic carbocycles. The molecule has 19 heavy (non-hydrogen) atoms. The zero-order chi connectivity index (χ0) is 13.9. The highest BCUT2D eigenvalue weighted by Gasteiger charge is 2.20. The molecule has 1 aromatic carbocycles. The Morgan fingerprint density at radius 3 is 1.42 bits per heavy atom. The van der Waals surface area contributed by atoms with Crippen molar-refractivity contribution in [2.45, 2.75) is 0 Å². The molecule has 98 valence electrons. The van der Waals surface area contributed by atoms with E-state index in [-0.39, 0.29) is 0 Å². The molecule has 0 saturated carbocycles. The number of rotatable bonds is 0. The minimum atomic E-state index is -6.00. The van der Waals surface area contributed by atoms with Crippen molar-refractivity contribution in [3.05, 3.63) is 48.8 Å². The van der Waals surface area contributed by atoms with E-state index in [0.29, 0.717) is 0 Å². The fourth-order valence-electron chi connectivity index (χ4n) is 1.68. The van der Waals surface area contributed by atoms with E-state index in [2.05, 4.69) is 34.2 Å². The Bertz CT molecular complexity index is 639. The predicted octanol–water partition coefficient (Wildman–Crippen LogP) is 4.08. The van der Waals surface area contributed by atoms with E-state index >= 15 is 0 Å². The smallest absolute Gasteiger partial charge is 0.418 e. The minimum Gasteiger partial charge on any atom is -0.418 e. The molecule has 0 unspecified atom stereocenters. The molecular weight excluding hydrogens is 259 g/mol. The monoisotopic (exact) mass is 267 g/mol. The number of hydrogen-bond donors (Lipinski definition) is 0. The standard InChI is InChI=1S/C12H8N2.BF4/c1-3-9-5-6-10-4-2-8-14-12(10)11(9)13-7-1;2-1(3,4)5/h1-8H;/q;-1. The molecule has 0 bridgehead atoms. The summed E-state index contributed by atoms with van der Waals surface area (Å²) in [7, 11) is -6.00. The molecule has 0 atom stereocenters. The van der Waals surface area contributed by atoms with Crippen LogP contribution in [0.4, 0.5) is 17.3 Å². The van der Waals surface area contributed by atoms with E-state index in [1.807, 2.05) is 12.1 Å². The highest BCUT2D eigenvalue weighted by molar-refractivity contribution is 6.50. The Hall–Kier alpha value is -2.18. The van der Waals surface area contributed by atoms with Gasteiger partial charge in [0.1, 0.15) is 0 Å². The average molecular weight is 267 g/mol. The SMILES string of the molecule is F[B-](F)(F)F.c1cnc2c(c1)ccc1cccnc12. The minimum absolute atomic E-state index is 0.977. The number of nitrogens with zero attached hydrogens (tertiary/aromatic N) is 2. The highest BCUT2D eigenvalue weighted by atomic mass is 19.5. The summed E-state index contributed by atoms with van der Waals surface area (Å²) in [5.74, 6) is 0. The first-order valence-electron chi connectivity index (χ1n) is 5.41. The van der Waals surface area contributed by atoms with Gasteiger partial charge in [-0.05, 0) is 12.1 Å². The third kappa shape index (κ3) is 3.64. The molecule has 2 aromatic heterocycles. The lowest BCUT2D eigenvalue weighted by Gasteiger charge is -2.00. The van der Waals surface area contributed by atoms with Gasteiger partial charge in [0.2, 0.25) is 0 Å². The molecule has 0 N–H and O–H groups in total. The predicted molar refractivity (Wildman–Crippen MR) is 67.2 cm³/mol. The molecule has 0 amide bonds. The van der Waals surface area contributed by atoms with Crippen molar-refractivity contribution in [2.24, 2.45) is 0 Å². The van der Waals surface area contributed by atoms with Crippen LogP contribution >= 0.6 is 0 Å². The van der Waals surface area contributed by atoms with Gasteiger partial charge in [-0.15, -0.1) is 0 Å². The molecule has 3 aromatic rings. The number of pyridine rings is 2. The second-order valence-electron chi connectivity index (χ2n) is 3.71. The Morgan fingerprint density at radius 1 is 0.684 bits per heavy atom. The van der Waals surface area contributed by atoms with Gasteiger partial charge in [0.25, 0.3) is 0 Å². The van der Waals surface area contributed by atoms with Crippen LogP contribution in [0.5, 0.6) is 0 Å². The maximum atomic E-state index is 9.75. The first-order valence-corrected chi connectivity index (χ1v) is 5.41. The van der Waals surface area contributed by atoms with E-state index in [9.17, 15) is 17.3 Å².